The second-order valence-electron chi connectivity index (χ2n) is 4.83. The van der Waals surface area contributed by atoms with E-state index < -0.39 is 6.04 Å². The maximum absolute atomic E-state index is 12.0. The Kier molecular flexibility index (Phi) is 3.05. The van der Waals surface area contributed by atoms with Crippen molar-refractivity contribution in [1.29, 1.82) is 0 Å². The molecular formula is C16H16N2O. The van der Waals surface area contributed by atoms with Crippen LogP contribution in [0.1, 0.15) is 17.2 Å². The molecule has 3 nitrogen and oxygen atoms in total. The molecule has 0 unspecified atom stereocenters. The lowest BCUT2D eigenvalue weighted by Gasteiger charge is -2.45. The number of carbonyl (C=O) groups is 1. The van der Waals surface area contributed by atoms with Crippen LogP contribution in [0.25, 0.3) is 0 Å². The molecule has 2 aromatic carbocycles. The summed E-state index contributed by atoms with van der Waals surface area (Å²) in [5.41, 5.74) is 8.18. The van der Waals surface area contributed by atoms with Crippen LogP contribution in [0.5, 0.6) is 0 Å². The number of amides is 1. The Labute approximate surface area is 112 Å². The molecule has 0 spiro atoms. The molecule has 1 amide bonds. The highest BCUT2D eigenvalue weighted by Gasteiger charge is 2.45. The van der Waals surface area contributed by atoms with Crippen molar-refractivity contribution >= 4 is 5.91 Å². The predicted molar refractivity (Wildman–Crippen MR) is 74.2 cm³/mol. The number of carbonyl (C=O) groups excluding carboxylic acids is 1. The van der Waals surface area contributed by atoms with Gasteiger partial charge in [-0.25, -0.2) is 0 Å². The molecule has 1 aliphatic heterocycles. The van der Waals surface area contributed by atoms with E-state index in [0.717, 1.165) is 11.1 Å². The minimum atomic E-state index is -0.411. The molecule has 1 aliphatic rings. The summed E-state index contributed by atoms with van der Waals surface area (Å²) in [7, 11) is 0. The molecular weight excluding hydrogens is 236 g/mol. The molecule has 1 saturated heterocycles. The van der Waals surface area contributed by atoms with Crippen LogP contribution < -0.4 is 5.73 Å². The van der Waals surface area contributed by atoms with Gasteiger partial charge in [0.15, 0.2) is 0 Å². The fourth-order valence-corrected chi connectivity index (χ4v) is 2.57. The molecule has 0 aromatic heterocycles. The van der Waals surface area contributed by atoms with Gasteiger partial charge in [-0.3, -0.25) is 4.79 Å². The van der Waals surface area contributed by atoms with Crippen LogP contribution in [0.3, 0.4) is 0 Å². The molecule has 1 heterocycles. The van der Waals surface area contributed by atoms with E-state index in [1.54, 1.807) is 0 Å². The minimum absolute atomic E-state index is 0.00564. The number of hydrogen-bond acceptors (Lipinski definition) is 2. The Morgan fingerprint density at radius 2 is 1.53 bits per heavy atom. The summed E-state index contributed by atoms with van der Waals surface area (Å²) in [6.07, 6.45) is 0. The molecule has 2 atom stereocenters. The van der Waals surface area contributed by atoms with Gasteiger partial charge < -0.3 is 10.6 Å². The molecule has 1 fully saturated rings. The summed E-state index contributed by atoms with van der Waals surface area (Å²) in [6, 6.07) is 19.5. The van der Waals surface area contributed by atoms with E-state index in [1.165, 1.54) is 0 Å². The van der Waals surface area contributed by atoms with Gasteiger partial charge in [0.1, 0.15) is 6.04 Å². The molecule has 0 aliphatic carbocycles. The van der Waals surface area contributed by atoms with E-state index in [4.69, 9.17) is 5.73 Å². The van der Waals surface area contributed by atoms with Gasteiger partial charge in [-0.2, -0.15) is 0 Å². The molecule has 19 heavy (non-hydrogen) atoms. The Hall–Kier alpha value is -2.13. The first-order valence-electron chi connectivity index (χ1n) is 6.42. The van der Waals surface area contributed by atoms with Crippen LogP contribution >= 0.6 is 0 Å². The van der Waals surface area contributed by atoms with E-state index in [1.807, 2.05) is 65.6 Å². The largest absolute Gasteiger partial charge is 0.328 e. The Morgan fingerprint density at radius 1 is 0.947 bits per heavy atom. The highest BCUT2D eigenvalue weighted by molar-refractivity contribution is 5.89. The molecule has 0 bridgehead atoms. The molecule has 96 valence electrons. The maximum Gasteiger partial charge on any atom is 0.242 e. The highest BCUT2D eigenvalue weighted by atomic mass is 16.2. The van der Waals surface area contributed by atoms with Crippen molar-refractivity contribution in [2.75, 3.05) is 0 Å². The lowest BCUT2D eigenvalue weighted by Crippen LogP contribution is -2.62. The Balaban J connectivity index is 1.82. The first-order valence-corrected chi connectivity index (χ1v) is 6.42. The van der Waals surface area contributed by atoms with E-state index in [2.05, 4.69) is 0 Å². The third-order valence-corrected chi connectivity index (χ3v) is 3.58. The first kappa shape index (κ1) is 11.9. The number of rotatable bonds is 3. The summed E-state index contributed by atoms with van der Waals surface area (Å²) in [5.74, 6) is 0.0257. The van der Waals surface area contributed by atoms with Crippen LogP contribution in [0, 0.1) is 0 Å². The van der Waals surface area contributed by atoms with Crippen molar-refractivity contribution in [2.45, 2.75) is 18.6 Å². The van der Waals surface area contributed by atoms with E-state index in [0.29, 0.717) is 6.54 Å². The quantitative estimate of drug-likeness (QED) is 0.850. The van der Waals surface area contributed by atoms with Gasteiger partial charge in [0, 0.05) is 6.54 Å². The van der Waals surface area contributed by atoms with Crippen molar-refractivity contribution < 1.29 is 4.79 Å². The van der Waals surface area contributed by atoms with Gasteiger partial charge in [0.2, 0.25) is 5.91 Å². The van der Waals surface area contributed by atoms with Crippen molar-refractivity contribution in [2.24, 2.45) is 5.73 Å². The first-order chi connectivity index (χ1) is 9.27. The van der Waals surface area contributed by atoms with E-state index in [-0.39, 0.29) is 11.9 Å². The SMILES string of the molecule is N[C@@H]1C(=O)N(Cc2ccccc2)[C@@H]1c1ccccc1. The number of hydrogen-bond donors (Lipinski definition) is 1. The van der Waals surface area contributed by atoms with Gasteiger partial charge in [-0.1, -0.05) is 60.7 Å². The fourth-order valence-electron chi connectivity index (χ4n) is 2.57. The van der Waals surface area contributed by atoms with Crippen molar-refractivity contribution in [3.8, 4) is 0 Å². The average molecular weight is 252 g/mol. The number of nitrogens with zero attached hydrogens (tertiary/aromatic N) is 1. The zero-order valence-electron chi connectivity index (χ0n) is 10.6. The minimum Gasteiger partial charge on any atom is -0.328 e. The Morgan fingerprint density at radius 3 is 2.16 bits per heavy atom. The third-order valence-electron chi connectivity index (χ3n) is 3.58. The lowest BCUT2D eigenvalue weighted by atomic mass is 9.88. The topological polar surface area (TPSA) is 46.3 Å². The standard InChI is InChI=1S/C16H16N2O/c17-14-15(13-9-5-2-6-10-13)18(16(14)19)11-12-7-3-1-4-8-12/h1-10,14-15H,11,17H2/t14-,15+/m0/s1. The normalized spacial score (nSPS) is 22.2. The summed E-state index contributed by atoms with van der Waals surface area (Å²) in [4.78, 5) is 13.8. The summed E-state index contributed by atoms with van der Waals surface area (Å²) >= 11 is 0. The maximum atomic E-state index is 12.0. The van der Waals surface area contributed by atoms with E-state index >= 15 is 0 Å². The summed E-state index contributed by atoms with van der Waals surface area (Å²) in [6.45, 7) is 0.618. The second-order valence-corrected chi connectivity index (χ2v) is 4.83. The number of nitrogens with two attached hydrogens (primary N) is 1. The third kappa shape index (κ3) is 2.13. The van der Waals surface area contributed by atoms with Crippen LogP contribution in [0.4, 0.5) is 0 Å². The number of β-lactam (4-membered cyclic amide) rings is 1. The zero-order valence-corrected chi connectivity index (χ0v) is 10.6. The summed E-state index contributed by atoms with van der Waals surface area (Å²) in [5, 5.41) is 0. The van der Waals surface area contributed by atoms with Gasteiger partial charge in [0.05, 0.1) is 6.04 Å². The van der Waals surface area contributed by atoms with Crippen molar-refractivity contribution in [3.63, 3.8) is 0 Å². The summed E-state index contributed by atoms with van der Waals surface area (Å²) < 4.78 is 0. The predicted octanol–water partition coefficient (Wildman–Crippen LogP) is 2.10. The zero-order chi connectivity index (χ0) is 13.2. The average Bonchev–Trinajstić information content (AvgIpc) is 2.48. The van der Waals surface area contributed by atoms with Crippen molar-refractivity contribution in [1.82, 2.24) is 4.90 Å². The number of likely N-dealkylation sites (tertiary alicyclic amines) is 1. The van der Waals surface area contributed by atoms with Gasteiger partial charge in [-0.05, 0) is 11.1 Å². The molecule has 3 rings (SSSR count). The van der Waals surface area contributed by atoms with Crippen LogP contribution in [-0.4, -0.2) is 16.8 Å². The molecule has 0 radical (unpaired) electrons. The molecule has 0 saturated carbocycles. The lowest BCUT2D eigenvalue weighted by molar-refractivity contribution is -0.150. The van der Waals surface area contributed by atoms with Gasteiger partial charge in [-0.15, -0.1) is 0 Å². The number of benzene rings is 2. The highest BCUT2D eigenvalue weighted by Crippen LogP contribution is 2.34. The molecule has 2 N–H and O–H groups in total. The Bertz CT molecular complexity index is 568. The second kappa shape index (κ2) is 4.86. The van der Waals surface area contributed by atoms with E-state index in [9.17, 15) is 4.79 Å². The fraction of sp³-hybridized carbons (Fsp3) is 0.188. The molecule has 3 heteroatoms. The van der Waals surface area contributed by atoms with Crippen LogP contribution in [-0.2, 0) is 11.3 Å². The van der Waals surface area contributed by atoms with Crippen LogP contribution in [0.15, 0.2) is 60.7 Å². The monoisotopic (exact) mass is 252 g/mol. The van der Waals surface area contributed by atoms with Gasteiger partial charge in [0.25, 0.3) is 0 Å². The van der Waals surface area contributed by atoms with Gasteiger partial charge >= 0.3 is 0 Å². The van der Waals surface area contributed by atoms with Crippen LogP contribution in [0.2, 0.25) is 0 Å². The smallest absolute Gasteiger partial charge is 0.242 e. The van der Waals surface area contributed by atoms with Crippen molar-refractivity contribution in [3.05, 3.63) is 71.8 Å². The molecule has 2 aromatic rings.